The van der Waals surface area contributed by atoms with Crippen molar-refractivity contribution in [1.29, 1.82) is 0 Å². The molecule has 1 aliphatic rings. The molecule has 0 aliphatic carbocycles. The number of methoxy groups -OCH3 is 1. The first-order valence-corrected chi connectivity index (χ1v) is 5.88. The Balaban J connectivity index is 2.16. The van der Waals surface area contributed by atoms with E-state index in [0.717, 1.165) is 6.54 Å². The minimum atomic E-state index is -0.331. The zero-order valence-electron chi connectivity index (χ0n) is 10.8. The highest BCUT2D eigenvalue weighted by atomic mass is 16.5. The summed E-state index contributed by atoms with van der Waals surface area (Å²) in [5.41, 5.74) is 0. The Bertz CT molecular complexity index is 316. The van der Waals surface area contributed by atoms with Crippen LogP contribution in [-0.4, -0.2) is 68.0 Å². The van der Waals surface area contributed by atoms with E-state index in [1.165, 1.54) is 12.0 Å². The number of nitrogens with one attached hydrogen (secondary N) is 1. The summed E-state index contributed by atoms with van der Waals surface area (Å²) in [5, 5.41) is 2.47. The molecule has 1 aliphatic heterocycles. The SMILES string of the molecule is COC(=O)CCCN(C)CCN1C(=O)CNC1=O. The van der Waals surface area contributed by atoms with Gasteiger partial charge in [0.05, 0.1) is 13.7 Å². The number of likely N-dealkylation sites (N-methyl/N-ethyl adjacent to an activating group) is 1. The van der Waals surface area contributed by atoms with E-state index >= 15 is 0 Å². The first-order valence-electron chi connectivity index (χ1n) is 5.88. The molecule has 1 N–H and O–H groups in total. The van der Waals surface area contributed by atoms with Crippen LogP contribution < -0.4 is 5.32 Å². The third-order valence-electron chi connectivity index (χ3n) is 2.79. The molecular weight excluding hydrogens is 238 g/mol. The van der Waals surface area contributed by atoms with E-state index in [1.807, 2.05) is 11.9 Å². The smallest absolute Gasteiger partial charge is 0.324 e. The maximum atomic E-state index is 11.3. The lowest BCUT2D eigenvalue weighted by Crippen LogP contribution is -2.38. The van der Waals surface area contributed by atoms with Crippen LogP contribution in [0.5, 0.6) is 0 Å². The van der Waals surface area contributed by atoms with Crippen LogP contribution in [0.25, 0.3) is 0 Å². The van der Waals surface area contributed by atoms with Gasteiger partial charge in [-0.25, -0.2) is 4.79 Å². The lowest BCUT2D eigenvalue weighted by Gasteiger charge is -2.19. The summed E-state index contributed by atoms with van der Waals surface area (Å²) < 4.78 is 4.54. The Morgan fingerprint density at radius 2 is 2.17 bits per heavy atom. The third-order valence-corrected chi connectivity index (χ3v) is 2.79. The van der Waals surface area contributed by atoms with Gasteiger partial charge in [-0.15, -0.1) is 0 Å². The zero-order valence-corrected chi connectivity index (χ0v) is 10.8. The van der Waals surface area contributed by atoms with Gasteiger partial charge >= 0.3 is 12.0 Å². The molecular formula is C11H19N3O4. The maximum Gasteiger partial charge on any atom is 0.324 e. The minimum absolute atomic E-state index is 0.0882. The Labute approximate surface area is 106 Å². The number of amides is 3. The van der Waals surface area contributed by atoms with Crippen LogP contribution in [0.1, 0.15) is 12.8 Å². The number of hydrogen-bond donors (Lipinski definition) is 1. The highest BCUT2D eigenvalue weighted by Crippen LogP contribution is 2.00. The van der Waals surface area contributed by atoms with Gasteiger partial charge in [0, 0.05) is 19.5 Å². The molecule has 102 valence electrons. The lowest BCUT2D eigenvalue weighted by molar-refractivity contribution is -0.140. The highest BCUT2D eigenvalue weighted by molar-refractivity contribution is 6.01. The Kier molecular flexibility index (Phi) is 5.57. The van der Waals surface area contributed by atoms with Crippen molar-refractivity contribution in [3.63, 3.8) is 0 Å². The largest absolute Gasteiger partial charge is 0.469 e. The van der Waals surface area contributed by atoms with Crippen molar-refractivity contribution in [3.05, 3.63) is 0 Å². The lowest BCUT2D eigenvalue weighted by atomic mass is 10.3. The van der Waals surface area contributed by atoms with Gasteiger partial charge in [-0.1, -0.05) is 0 Å². The van der Waals surface area contributed by atoms with E-state index in [1.54, 1.807) is 0 Å². The molecule has 0 unspecified atom stereocenters. The van der Waals surface area contributed by atoms with E-state index in [9.17, 15) is 14.4 Å². The Morgan fingerprint density at radius 3 is 2.72 bits per heavy atom. The molecule has 0 radical (unpaired) electrons. The van der Waals surface area contributed by atoms with Gasteiger partial charge in [-0.05, 0) is 20.0 Å². The average molecular weight is 257 g/mol. The van der Waals surface area contributed by atoms with Crippen molar-refractivity contribution in [1.82, 2.24) is 15.1 Å². The fourth-order valence-electron chi connectivity index (χ4n) is 1.66. The van der Waals surface area contributed by atoms with Crippen molar-refractivity contribution in [3.8, 4) is 0 Å². The van der Waals surface area contributed by atoms with Crippen LogP contribution in [0.3, 0.4) is 0 Å². The number of imide groups is 1. The second-order valence-electron chi connectivity index (χ2n) is 4.19. The second kappa shape index (κ2) is 6.95. The first kappa shape index (κ1) is 14.4. The van der Waals surface area contributed by atoms with Gasteiger partial charge < -0.3 is 15.0 Å². The van der Waals surface area contributed by atoms with Crippen LogP contribution in [0.15, 0.2) is 0 Å². The van der Waals surface area contributed by atoms with Crippen molar-refractivity contribution < 1.29 is 19.1 Å². The van der Waals surface area contributed by atoms with Gasteiger partial charge in [0.25, 0.3) is 0 Å². The van der Waals surface area contributed by atoms with Gasteiger partial charge in [0.1, 0.15) is 0 Å². The van der Waals surface area contributed by atoms with Gasteiger partial charge in [0.2, 0.25) is 5.91 Å². The number of nitrogens with zero attached hydrogens (tertiary/aromatic N) is 2. The van der Waals surface area contributed by atoms with Crippen molar-refractivity contribution in [2.75, 3.05) is 40.3 Å². The molecule has 0 saturated carbocycles. The number of carbonyl (C=O) groups is 3. The first-order chi connectivity index (χ1) is 8.54. The van der Waals surface area contributed by atoms with Crippen molar-refractivity contribution >= 4 is 17.9 Å². The van der Waals surface area contributed by atoms with Crippen LogP contribution in [0.4, 0.5) is 4.79 Å². The third kappa shape index (κ3) is 4.33. The van der Waals surface area contributed by atoms with Gasteiger partial charge in [-0.3, -0.25) is 14.5 Å². The van der Waals surface area contributed by atoms with Gasteiger partial charge in [-0.2, -0.15) is 0 Å². The standard InChI is InChI=1S/C11H19N3O4/c1-13(5-3-4-10(16)18-2)6-7-14-9(15)8-12-11(14)17/h3-8H2,1-2H3,(H,12,17). The molecule has 0 aromatic rings. The minimum Gasteiger partial charge on any atom is -0.469 e. The molecule has 0 spiro atoms. The number of carbonyl (C=O) groups excluding carboxylic acids is 3. The summed E-state index contributed by atoms with van der Waals surface area (Å²) in [6, 6.07) is -0.331. The average Bonchev–Trinajstić information content (AvgIpc) is 2.66. The topological polar surface area (TPSA) is 79.0 Å². The molecule has 0 aromatic carbocycles. The summed E-state index contributed by atoms with van der Waals surface area (Å²) in [4.78, 5) is 36.6. The Morgan fingerprint density at radius 1 is 1.44 bits per heavy atom. The quantitative estimate of drug-likeness (QED) is 0.488. The summed E-state index contributed by atoms with van der Waals surface area (Å²) in [6.45, 7) is 1.78. The molecule has 3 amide bonds. The Hall–Kier alpha value is -1.63. The number of esters is 1. The van der Waals surface area contributed by atoms with Crippen LogP contribution >= 0.6 is 0 Å². The fraction of sp³-hybridized carbons (Fsp3) is 0.727. The van der Waals surface area contributed by atoms with Crippen molar-refractivity contribution in [2.24, 2.45) is 0 Å². The van der Waals surface area contributed by atoms with E-state index in [2.05, 4.69) is 10.1 Å². The molecule has 0 atom stereocenters. The number of ether oxygens (including phenoxy) is 1. The molecule has 1 fully saturated rings. The van der Waals surface area contributed by atoms with Crippen LogP contribution in [-0.2, 0) is 14.3 Å². The predicted molar refractivity (Wildman–Crippen MR) is 63.9 cm³/mol. The second-order valence-corrected chi connectivity index (χ2v) is 4.19. The van der Waals surface area contributed by atoms with E-state index < -0.39 is 0 Å². The highest BCUT2D eigenvalue weighted by Gasteiger charge is 2.27. The van der Waals surface area contributed by atoms with E-state index in [0.29, 0.717) is 25.9 Å². The molecule has 1 heterocycles. The monoisotopic (exact) mass is 257 g/mol. The van der Waals surface area contributed by atoms with Gasteiger partial charge in [0.15, 0.2) is 0 Å². The summed E-state index contributed by atoms with van der Waals surface area (Å²) >= 11 is 0. The molecule has 0 bridgehead atoms. The number of hydrogen-bond acceptors (Lipinski definition) is 5. The van der Waals surface area contributed by atoms with Crippen molar-refractivity contribution in [2.45, 2.75) is 12.8 Å². The number of rotatable bonds is 7. The summed E-state index contributed by atoms with van der Waals surface area (Å²) in [6.07, 6.45) is 1.08. The fourth-order valence-corrected chi connectivity index (χ4v) is 1.66. The number of urea groups is 1. The molecule has 18 heavy (non-hydrogen) atoms. The summed E-state index contributed by atoms with van der Waals surface area (Å²) in [5.74, 6) is -0.416. The maximum absolute atomic E-state index is 11.3. The van der Waals surface area contributed by atoms with Crippen LogP contribution in [0, 0.1) is 0 Å². The molecule has 0 aromatic heterocycles. The molecule has 7 heteroatoms. The molecule has 7 nitrogen and oxygen atoms in total. The van der Waals surface area contributed by atoms with E-state index in [4.69, 9.17) is 0 Å². The summed E-state index contributed by atoms with van der Waals surface area (Å²) in [7, 11) is 3.25. The molecule has 1 saturated heterocycles. The predicted octanol–water partition coefficient (Wildman–Crippen LogP) is -0.577. The van der Waals surface area contributed by atoms with Crippen LogP contribution in [0.2, 0.25) is 0 Å². The zero-order chi connectivity index (χ0) is 13.5. The van der Waals surface area contributed by atoms with E-state index in [-0.39, 0.29) is 24.5 Å². The normalized spacial score (nSPS) is 15.2. The molecule has 1 rings (SSSR count).